The zero-order chi connectivity index (χ0) is 20.6. The van der Waals surface area contributed by atoms with E-state index in [4.69, 9.17) is 9.47 Å². The van der Waals surface area contributed by atoms with Gasteiger partial charge in [-0.2, -0.15) is 0 Å². The van der Waals surface area contributed by atoms with Gasteiger partial charge in [0.15, 0.2) is 0 Å². The maximum absolute atomic E-state index is 12.6. The number of piperidine rings is 1. The maximum atomic E-state index is 12.6. The number of hydrogen-bond donors (Lipinski definition) is 1. The summed E-state index contributed by atoms with van der Waals surface area (Å²) in [5.41, 5.74) is 0.484. The van der Waals surface area contributed by atoms with Gasteiger partial charge in [-0.05, 0) is 50.5 Å². The van der Waals surface area contributed by atoms with Gasteiger partial charge >= 0.3 is 6.16 Å². The van der Waals surface area contributed by atoms with E-state index in [1.165, 1.54) is 0 Å². The van der Waals surface area contributed by atoms with E-state index >= 15 is 0 Å². The number of likely N-dealkylation sites (tertiary alicyclic amines) is 1. The van der Waals surface area contributed by atoms with Crippen molar-refractivity contribution >= 4 is 22.1 Å². The minimum absolute atomic E-state index is 0.130. The van der Waals surface area contributed by atoms with Crippen LogP contribution in [0, 0.1) is 0 Å². The number of amides is 1. The van der Waals surface area contributed by atoms with E-state index in [1.54, 1.807) is 36.1 Å². The second-order valence-electron chi connectivity index (χ2n) is 6.67. The molecule has 0 aromatic heterocycles. The molecular formula is C19H28N2O6S. The van der Waals surface area contributed by atoms with Crippen molar-refractivity contribution in [3.8, 4) is 5.75 Å². The summed E-state index contributed by atoms with van der Waals surface area (Å²) in [5, 5.41) is 0. The lowest BCUT2D eigenvalue weighted by Crippen LogP contribution is -2.47. The molecule has 1 saturated heterocycles. The highest BCUT2D eigenvalue weighted by Crippen LogP contribution is 2.18. The van der Waals surface area contributed by atoms with Crippen LogP contribution in [0.25, 0.3) is 0 Å². The van der Waals surface area contributed by atoms with E-state index in [1.807, 2.05) is 6.92 Å². The molecule has 0 radical (unpaired) electrons. The molecule has 1 N–H and O–H groups in total. The highest BCUT2D eigenvalue weighted by atomic mass is 32.2. The minimum Gasteiger partial charge on any atom is -0.434 e. The highest BCUT2D eigenvalue weighted by Gasteiger charge is 2.26. The molecule has 1 heterocycles. The van der Waals surface area contributed by atoms with Gasteiger partial charge in [-0.3, -0.25) is 4.79 Å². The van der Waals surface area contributed by atoms with Gasteiger partial charge in [-0.15, -0.1) is 0 Å². The predicted molar refractivity (Wildman–Crippen MR) is 105 cm³/mol. The average Bonchev–Trinajstić information content (AvgIpc) is 2.67. The second-order valence-corrected chi connectivity index (χ2v) is 8.54. The molecule has 0 bridgehead atoms. The van der Waals surface area contributed by atoms with Gasteiger partial charge in [-0.25, -0.2) is 17.9 Å². The lowest BCUT2D eigenvalue weighted by atomic mass is 10.0. The van der Waals surface area contributed by atoms with Crippen molar-refractivity contribution in [2.24, 2.45) is 0 Å². The largest absolute Gasteiger partial charge is 0.513 e. The first kappa shape index (κ1) is 22.2. The molecule has 1 amide bonds. The van der Waals surface area contributed by atoms with Crippen molar-refractivity contribution < 1.29 is 27.5 Å². The Labute approximate surface area is 166 Å². The van der Waals surface area contributed by atoms with Gasteiger partial charge in [0.1, 0.15) is 5.75 Å². The summed E-state index contributed by atoms with van der Waals surface area (Å²) in [7, 11) is -3.26. The Kier molecular flexibility index (Phi) is 8.25. The molecule has 0 aliphatic carbocycles. The number of rotatable bonds is 8. The average molecular weight is 413 g/mol. The number of hydrogen-bond acceptors (Lipinski definition) is 6. The van der Waals surface area contributed by atoms with Crippen molar-refractivity contribution in [1.82, 2.24) is 9.62 Å². The topological polar surface area (TPSA) is 102 Å². The molecule has 9 heteroatoms. The third-order valence-electron chi connectivity index (χ3n) is 4.46. The van der Waals surface area contributed by atoms with Crippen molar-refractivity contribution in [2.45, 2.75) is 45.6 Å². The van der Waals surface area contributed by atoms with E-state index in [2.05, 4.69) is 4.72 Å². The molecular weight excluding hydrogens is 384 g/mol. The Morgan fingerprint density at radius 3 is 2.36 bits per heavy atom. The Balaban J connectivity index is 1.85. The fraction of sp³-hybridized carbons (Fsp3) is 0.579. The zero-order valence-electron chi connectivity index (χ0n) is 16.3. The van der Waals surface area contributed by atoms with Crippen LogP contribution in [0.3, 0.4) is 0 Å². The number of nitrogens with one attached hydrogen (secondary N) is 1. The number of benzene rings is 1. The fourth-order valence-electron chi connectivity index (χ4n) is 2.94. The van der Waals surface area contributed by atoms with Crippen LogP contribution in [0.5, 0.6) is 5.75 Å². The van der Waals surface area contributed by atoms with Crippen LogP contribution < -0.4 is 9.46 Å². The summed E-state index contributed by atoms with van der Waals surface area (Å²) < 4.78 is 36.4. The van der Waals surface area contributed by atoms with Gasteiger partial charge in [0.25, 0.3) is 5.91 Å². The summed E-state index contributed by atoms with van der Waals surface area (Å²) in [5.74, 6) is 0.313. The lowest BCUT2D eigenvalue weighted by Gasteiger charge is -2.32. The Bertz CT molecular complexity index is 755. The quantitative estimate of drug-likeness (QED) is 0.520. The normalized spacial score (nSPS) is 15.3. The van der Waals surface area contributed by atoms with Crippen LogP contribution in [-0.4, -0.2) is 56.9 Å². The smallest absolute Gasteiger partial charge is 0.434 e. The SMILES string of the molecule is CCCCS(=O)(=O)NC1CCN(C(=O)c2ccc(OC(=O)OCC)cc2)CC1. The molecule has 8 nitrogen and oxygen atoms in total. The molecule has 1 aromatic carbocycles. The molecule has 1 aliphatic heterocycles. The van der Waals surface area contributed by atoms with Crippen LogP contribution >= 0.6 is 0 Å². The summed E-state index contributed by atoms with van der Waals surface area (Å²) in [4.78, 5) is 25.6. The van der Waals surface area contributed by atoms with E-state index < -0.39 is 16.2 Å². The van der Waals surface area contributed by atoms with E-state index in [0.29, 0.717) is 43.7 Å². The molecule has 0 saturated carbocycles. The first-order valence-electron chi connectivity index (χ1n) is 9.58. The maximum Gasteiger partial charge on any atom is 0.513 e. The first-order chi connectivity index (χ1) is 13.3. The Morgan fingerprint density at radius 1 is 1.14 bits per heavy atom. The van der Waals surface area contributed by atoms with Gasteiger partial charge in [0, 0.05) is 24.7 Å². The van der Waals surface area contributed by atoms with E-state index in [9.17, 15) is 18.0 Å². The van der Waals surface area contributed by atoms with Crippen molar-refractivity contribution in [3.05, 3.63) is 29.8 Å². The summed E-state index contributed by atoms with van der Waals surface area (Å²) in [6.07, 6.45) is 1.85. The first-order valence-corrected chi connectivity index (χ1v) is 11.2. The van der Waals surface area contributed by atoms with Crippen LogP contribution in [-0.2, 0) is 14.8 Å². The number of carbonyl (C=O) groups is 2. The van der Waals surface area contributed by atoms with Crippen LogP contribution in [0.15, 0.2) is 24.3 Å². The second kappa shape index (κ2) is 10.4. The van der Waals surface area contributed by atoms with Crippen LogP contribution in [0.2, 0.25) is 0 Å². The number of unbranched alkanes of at least 4 members (excludes halogenated alkanes) is 1. The monoisotopic (exact) mass is 412 g/mol. The minimum atomic E-state index is -3.26. The molecule has 156 valence electrons. The molecule has 0 spiro atoms. The molecule has 1 aromatic rings. The molecule has 28 heavy (non-hydrogen) atoms. The van der Waals surface area contributed by atoms with Gasteiger partial charge in [0.05, 0.1) is 12.4 Å². The zero-order valence-corrected chi connectivity index (χ0v) is 17.2. The van der Waals surface area contributed by atoms with Gasteiger partial charge in [-0.1, -0.05) is 13.3 Å². The lowest BCUT2D eigenvalue weighted by molar-refractivity contribution is 0.0711. The predicted octanol–water partition coefficient (Wildman–Crippen LogP) is 2.55. The summed E-state index contributed by atoms with van der Waals surface area (Å²) in [6.45, 7) is 4.83. The van der Waals surface area contributed by atoms with Crippen LogP contribution in [0.4, 0.5) is 4.79 Å². The molecule has 2 rings (SSSR count). The Hall–Kier alpha value is -2.13. The van der Waals surface area contributed by atoms with Crippen molar-refractivity contribution in [2.75, 3.05) is 25.4 Å². The number of sulfonamides is 1. The standard InChI is InChI=1S/C19H28N2O6S/c1-3-5-14-28(24,25)20-16-10-12-21(13-11-16)18(22)15-6-8-17(9-7-15)27-19(23)26-4-2/h6-9,16,20H,3-5,10-14H2,1-2H3. The van der Waals surface area contributed by atoms with Crippen molar-refractivity contribution in [3.63, 3.8) is 0 Å². The number of carbonyl (C=O) groups excluding carboxylic acids is 2. The summed E-state index contributed by atoms with van der Waals surface area (Å²) in [6, 6.07) is 6.14. The third-order valence-corrected chi connectivity index (χ3v) is 5.98. The van der Waals surface area contributed by atoms with Crippen LogP contribution in [0.1, 0.15) is 49.9 Å². The van der Waals surface area contributed by atoms with Crippen molar-refractivity contribution in [1.29, 1.82) is 0 Å². The van der Waals surface area contributed by atoms with E-state index in [-0.39, 0.29) is 24.3 Å². The third kappa shape index (κ3) is 6.79. The van der Waals surface area contributed by atoms with E-state index in [0.717, 1.165) is 6.42 Å². The molecule has 0 atom stereocenters. The molecule has 0 unspecified atom stereocenters. The van der Waals surface area contributed by atoms with Gasteiger partial charge in [0.2, 0.25) is 10.0 Å². The highest BCUT2D eigenvalue weighted by molar-refractivity contribution is 7.89. The molecule has 1 fully saturated rings. The number of ether oxygens (including phenoxy) is 2. The molecule has 1 aliphatic rings. The van der Waals surface area contributed by atoms with Gasteiger partial charge < -0.3 is 14.4 Å². The Morgan fingerprint density at radius 2 is 1.79 bits per heavy atom. The fourth-order valence-corrected chi connectivity index (χ4v) is 4.47. The number of nitrogens with zero attached hydrogens (tertiary/aromatic N) is 1. The summed E-state index contributed by atoms with van der Waals surface area (Å²) >= 11 is 0.